The van der Waals surface area contributed by atoms with Gasteiger partial charge in [0.2, 0.25) is 5.75 Å². The summed E-state index contributed by atoms with van der Waals surface area (Å²) in [6, 6.07) is 1.06. The number of aldehydes is 1. The predicted octanol–water partition coefficient (Wildman–Crippen LogP) is 1.58. The van der Waals surface area contributed by atoms with Gasteiger partial charge in [-0.3, -0.25) is 14.9 Å². The van der Waals surface area contributed by atoms with Gasteiger partial charge in [0, 0.05) is 0 Å². The smallest absolute Gasteiger partial charge is 0.325 e. The summed E-state index contributed by atoms with van der Waals surface area (Å²) in [5.41, 5.74) is -1.11. The number of phenols is 2. The first kappa shape index (κ1) is 10.5. The van der Waals surface area contributed by atoms with E-state index in [1.807, 2.05) is 0 Å². The number of halogens is 1. The lowest BCUT2D eigenvalue weighted by molar-refractivity contribution is -0.386. The van der Waals surface area contributed by atoms with Crippen LogP contribution in [-0.4, -0.2) is 21.4 Å². The molecule has 0 unspecified atom stereocenters. The fourth-order valence-electron chi connectivity index (χ4n) is 0.917. The maximum absolute atomic E-state index is 10.4. The van der Waals surface area contributed by atoms with Gasteiger partial charge < -0.3 is 10.2 Å². The second-order valence-electron chi connectivity index (χ2n) is 2.37. The SMILES string of the molecule is O=Cc1cc(Br)c(O)c(O)c1[N+](=O)[O-]. The van der Waals surface area contributed by atoms with Crippen molar-refractivity contribution in [2.24, 2.45) is 0 Å². The van der Waals surface area contributed by atoms with E-state index in [0.29, 0.717) is 0 Å². The Morgan fingerprint density at radius 3 is 2.43 bits per heavy atom. The van der Waals surface area contributed by atoms with Crippen LogP contribution in [0.25, 0.3) is 0 Å². The zero-order valence-electron chi connectivity index (χ0n) is 6.60. The van der Waals surface area contributed by atoms with E-state index in [4.69, 9.17) is 5.11 Å². The molecule has 74 valence electrons. The number of phenolic OH excluding ortho intramolecular Hbond substituents is 2. The molecule has 0 aromatic heterocycles. The van der Waals surface area contributed by atoms with Crippen molar-refractivity contribution >= 4 is 27.9 Å². The highest BCUT2D eigenvalue weighted by molar-refractivity contribution is 9.10. The van der Waals surface area contributed by atoms with Crippen LogP contribution in [0.1, 0.15) is 10.4 Å². The molecule has 0 fully saturated rings. The van der Waals surface area contributed by atoms with Gasteiger partial charge in [-0.15, -0.1) is 0 Å². The lowest BCUT2D eigenvalue weighted by Crippen LogP contribution is -1.95. The number of hydrogen-bond donors (Lipinski definition) is 2. The first-order valence-corrected chi connectivity index (χ1v) is 4.12. The van der Waals surface area contributed by atoms with Crippen LogP contribution in [0, 0.1) is 10.1 Å². The van der Waals surface area contributed by atoms with Crippen LogP contribution in [0.3, 0.4) is 0 Å². The van der Waals surface area contributed by atoms with E-state index in [1.165, 1.54) is 0 Å². The van der Waals surface area contributed by atoms with Crippen LogP contribution in [-0.2, 0) is 0 Å². The highest BCUT2D eigenvalue weighted by Crippen LogP contribution is 2.42. The summed E-state index contributed by atoms with van der Waals surface area (Å²) in [4.78, 5) is 19.9. The van der Waals surface area contributed by atoms with Crippen molar-refractivity contribution in [2.75, 3.05) is 0 Å². The van der Waals surface area contributed by atoms with Crippen molar-refractivity contribution in [1.82, 2.24) is 0 Å². The van der Waals surface area contributed by atoms with Crippen LogP contribution in [0.5, 0.6) is 11.5 Å². The molecule has 1 aromatic carbocycles. The van der Waals surface area contributed by atoms with Crippen LogP contribution in [0.4, 0.5) is 5.69 Å². The van der Waals surface area contributed by atoms with Crippen molar-refractivity contribution < 1.29 is 19.9 Å². The molecule has 0 bridgehead atoms. The molecule has 0 aliphatic heterocycles. The maximum atomic E-state index is 10.4. The highest BCUT2D eigenvalue weighted by Gasteiger charge is 2.24. The quantitative estimate of drug-likeness (QED) is 0.364. The maximum Gasteiger partial charge on any atom is 0.325 e. The van der Waals surface area contributed by atoms with Gasteiger partial charge in [0.15, 0.2) is 12.0 Å². The molecule has 0 amide bonds. The van der Waals surface area contributed by atoms with Gasteiger partial charge in [0.1, 0.15) is 0 Å². The largest absolute Gasteiger partial charge is 0.503 e. The van der Waals surface area contributed by atoms with E-state index >= 15 is 0 Å². The van der Waals surface area contributed by atoms with Gasteiger partial charge >= 0.3 is 5.69 Å². The number of hydrogen-bond acceptors (Lipinski definition) is 5. The number of rotatable bonds is 2. The van der Waals surface area contributed by atoms with Crippen LogP contribution in [0.15, 0.2) is 10.5 Å². The van der Waals surface area contributed by atoms with E-state index in [1.54, 1.807) is 0 Å². The standard InChI is InChI=1S/C7H4BrNO5/c8-4-1-3(2-10)5(9(13)14)7(12)6(4)11/h1-2,11-12H. The Balaban J connectivity index is 3.61. The minimum absolute atomic E-state index is 0.0164. The van der Waals surface area contributed by atoms with Crippen molar-refractivity contribution in [1.29, 1.82) is 0 Å². The zero-order chi connectivity index (χ0) is 10.9. The average Bonchev–Trinajstić information content (AvgIpc) is 2.12. The summed E-state index contributed by atoms with van der Waals surface area (Å²) < 4.78 is 0.0164. The molecule has 7 heteroatoms. The molecule has 0 aliphatic rings. The van der Waals surface area contributed by atoms with Gasteiger partial charge in [-0.1, -0.05) is 0 Å². The molecule has 14 heavy (non-hydrogen) atoms. The number of aromatic hydroxyl groups is 2. The number of carbonyl (C=O) groups excluding carboxylic acids is 1. The summed E-state index contributed by atoms with van der Waals surface area (Å²) in [6.45, 7) is 0. The minimum atomic E-state index is -0.939. The number of nitro groups is 1. The predicted molar refractivity (Wildman–Crippen MR) is 49.5 cm³/mol. The Labute approximate surface area is 86.1 Å². The monoisotopic (exact) mass is 261 g/mol. The van der Waals surface area contributed by atoms with Crippen molar-refractivity contribution in [3.63, 3.8) is 0 Å². The van der Waals surface area contributed by atoms with Crippen LogP contribution in [0.2, 0.25) is 0 Å². The van der Waals surface area contributed by atoms with Gasteiger partial charge in [-0.2, -0.15) is 0 Å². The van der Waals surface area contributed by atoms with Crippen molar-refractivity contribution in [2.45, 2.75) is 0 Å². The fourth-order valence-corrected chi connectivity index (χ4v) is 1.35. The van der Waals surface area contributed by atoms with E-state index in [-0.39, 0.29) is 16.3 Å². The van der Waals surface area contributed by atoms with Gasteiger partial charge in [-0.25, -0.2) is 0 Å². The molecule has 0 saturated heterocycles. The van der Waals surface area contributed by atoms with Crippen molar-refractivity contribution in [3.05, 3.63) is 26.2 Å². The Morgan fingerprint density at radius 1 is 1.43 bits per heavy atom. The highest BCUT2D eigenvalue weighted by atomic mass is 79.9. The molecule has 0 radical (unpaired) electrons. The third-order valence-corrected chi connectivity index (χ3v) is 2.14. The van der Waals surface area contributed by atoms with E-state index in [0.717, 1.165) is 6.07 Å². The lowest BCUT2D eigenvalue weighted by Gasteiger charge is -2.03. The molecule has 0 spiro atoms. The number of nitrogens with zero attached hydrogens (tertiary/aromatic N) is 1. The Hall–Kier alpha value is -1.63. The molecule has 6 nitrogen and oxygen atoms in total. The summed E-state index contributed by atoms with van der Waals surface area (Å²) in [7, 11) is 0. The molecule has 0 atom stereocenters. The first-order valence-electron chi connectivity index (χ1n) is 3.33. The van der Waals surface area contributed by atoms with E-state index in [9.17, 15) is 20.0 Å². The average molecular weight is 262 g/mol. The number of nitro benzene ring substituents is 1. The molecule has 0 saturated carbocycles. The fraction of sp³-hybridized carbons (Fsp3) is 0. The van der Waals surface area contributed by atoms with Gasteiger partial charge in [0.25, 0.3) is 0 Å². The van der Waals surface area contributed by atoms with Crippen LogP contribution >= 0.6 is 15.9 Å². The summed E-state index contributed by atoms with van der Waals surface area (Å²) in [5.74, 6) is -1.59. The van der Waals surface area contributed by atoms with Crippen molar-refractivity contribution in [3.8, 4) is 11.5 Å². The second-order valence-corrected chi connectivity index (χ2v) is 3.22. The molecule has 1 aromatic rings. The molecular weight excluding hydrogens is 258 g/mol. The van der Waals surface area contributed by atoms with E-state index < -0.39 is 22.1 Å². The Kier molecular flexibility index (Phi) is 2.70. The second kappa shape index (κ2) is 3.62. The third-order valence-electron chi connectivity index (χ3n) is 1.54. The molecule has 0 heterocycles. The lowest BCUT2D eigenvalue weighted by atomic mass is 10.1. The summed E-state index contributed by atoms with van der Waals surface area (Å²) in [5, 5.41) is 28.7. The summed E-state index contributed by atoms with van der Waals surface area (Å²) in [6.07, 6.45) is 0.224. The first-order chi connectivity index (χ1) is 6.49. The number of carbonyl (C=O) groups is 1. The van der Waals surface area contributed by atoms with Gasteiger partial charge in [-0.05, 0) is 22.0 Å². The van der Waals surface area contributed by atoms with Crippen LogP contribution < -0.4 is 0 Å². The summed E-state index contributed by atoms with van der Waals surface area (Å²) >= 11 is 2.83. The van der Waals surface area contributed by atoms with Gasteiger partial charge in [0.05, 0.1) is 15.0 Å². The Bertz CT molecular complexity index is 417. The molecule has 1 rings (SSSR count). The topological polar surface area (TPSA) is 101 Å². The third kappa shape index (κ3) is 1.53. The Morgan fingerprint density at radius 2 is 2.00 bits per heavy atom. The molecule has 2 N–H and O–H groups in total. The molecular formula is C7H4BrNO5. The minimum Gasteiger partial charge on any atom is -0.503 e. The van der Waals surface area contributed by atoms with E-state index in [2.05, 4.69) is 15.9 Å². The molecule has 0 aliphatic carbocycles. The zero-order valence-corrected chi connectivity index (χ0v) is 8.19. The normalized spacial score (nSPS) is 9.79. The number of benzene rings is 1.